The van der Waals surface area contributed by atoms with Crippen LogP contribution in [0.2, 0.25) is 0 Å². The minimum Gasteiger partial charge on any atom is -0.497 e. The molecule has 1 aromatic heterocycles. The molecule has 3 aromatic rings. The molecular formula is C26H31N5O4. The van der Waals surface area contributed by atoms with Crippen LogP contribution >= 0.6 is 0 Å². The number of benzene rings is 2. The number of ether oxygens (including phenoxy) is 3. The van der Waals surface area contributed by atoms with Crippen LogP contribution in [0.15, 0.2) is 48.5 Å². The summed E-state index contributed by atoms with van der Waals surface area (Å²) >= 11 is 0. The molecule has 1 amide bonds. The first-order valence-corrected chi connectivity index (χ1v) is 12.0. The van der Waals surface area contributed by atoms with Gasteiger partial charge in [0, 0.05) is 32.7 Å². The monoisotopic (exact) mass is 477 g/mol. The van der Waals surface area contributed by atoms with Crippen LogP contribution in [0, 0.1) is 6.92 Å². The van der Waals surface area contributed by atoms with Crippen LogP contribution in [0.4, 0.5) is 0 Å². The Morgan fingerprint density at radius 1 is 1.03 bits per heavy atom. The molecule has 0 radical (unpaired) electrons. The third-order valence-corrected chi connectivity index (χ3v) is 6.65. The average molecular weight is 478 g/mol. The van der Waals surface area contributed by atoms with E-state index in [0.29, 0.717) is 32.8 Å². The molecule has 2 aromatic carbocycles. The van der Waals surface area contributed by atoms with E-state index in [0.717, 1.165) is 47.1 Å². The smallest absolute Gasteiger partial charge is 0.260 e. The summed E-state index contributed by atoms with van der Waals surface area (Å²) in [6.07, 6.45) is -0.0559. The van der Waals surface area contributed by atoms with Gasteiger partial charge in [-0.25, -0.2) is 4.68 Å². The molecule has 0 saturated carbocycles. The Kier molecular flexibility index (Phi) is 6.96. The summed E-state index contributed by atoms with van der Waals surface area (Å²) in [5.41, 5.74) is 4.23. The van der Waals surface area contributed by atoms with Crippen LogP contribution in [0.1, 0.15) is 28.6 Å². The van der Waals surface area contributed by atoms with Crippen LogP contribution < -0.4 is 9.47 Å². The van der Waals surface area contributed by atoms with Crippen molar-refractivity contribution in [3.8, 4) is 11.5 Å². The second-order valence-electron chi connectivity index (χ2n) is 9.00. The lowest BCUT2D eigenvalue weighted by Gasteiger charge is -2.34. The molecule has 5 rings (SSSR count). The molecule has 184 valence electrons. The van der Waals surface area contributed by atoms with E-state index in [-0.39, 0.29) is 18.6 Å². The Morgan fingerprint density at radius 3 is 2.46 bits per heavy atom. The maximum absolute atomic E-state index is 12.6. The largest absolute Gasteiger partial charge is 0.497 e. The van der Waals surface area contributed by atoms with Crippen molar-refractivity contribution in [3.63, 3.8) is 0 Å². The van der Waals surface area contributed by atoms with Crippen molar-refractivity contribution in [1.82, 2.24) is 24.8 Å². The standard InChI is InChI=1S/C26H31N5O4/c1-19-3-7-22(8-4-19)34-18-26(32)30-13-11-29(12-14-30)15-23-24-17-35-25(16-31(24)28-27-23)20-5-9-21(33-2)10-6-20/h3-10,25H,11-18H2,1-2H3/t25-/m1/s1. The summed E-state index contributed by atoms with van der Waals surface area (Å²) in [7, 11) is 1.66. The van der Waals surface area contributed by atoms with Gasteiger partial charge in [0.2, 0.25) is 0 Å². The topological polar surface area (TPSA) is 82.0 Å². The molecule has 1 saturated heterocycles. The normalized spacial score (nSPS) is 18.2. The quantitative estimate of drug-likeness (QED) is 0.517. The fraction of sp³-hybridized carbons (Fsp3) is 0.423. The first kappa shape index (κ1) is 23.3. The van der Waals surface area contributed by atoms with Gasteiger partial charge in [0.25, 0.3) is 5.91 Å². The lowest BCUT2D eigenvalue weighted by Crippen LogP contribution is -2.49. The van der Waals surface area contributed by atoms with Crippen molar-refractivity contribution in [3.05, 3.63) is 71.0 Å². The molecule has 2 aliphatic heterocycles. The molecular weight excluding hydrogens is 446 g/mol. The van der Waals surface area contributed by atoms with Crippen LogP contribution in [-0.4, -0.2) is 70.6 Å². The van der Waals surface area contributed by atoms with Crippen LogP contribution in [0.25, 0.3) is 0 Å². The second-order valence-corrected chi connectivity index (χ2v) is 9.00. The highest BCUT2D eigenvalue weighted by Gasteiger charge is 2.27. The summed E-state index contributed by atoms with van der Waals surface area (Å²) in [5.74, 6) is 1.56. The number of amides is 1. The highest BCUT2D eigenvalue weighted by Crippen LogP contribution is 2.28. The molecule has 1 atom stereocenters. The van der Waals surface area contributed by atoms with E-state index in [1.165, 1.54) is 0 Å². The first-order valence-electron chi connectivity index (χ1n) is 12.0. The summed E-state index contributed by atoms with van der Waals surface area (Å²) in [4.78, 5) is 16.8. The van der Waals surface area contributed by atoms with E-state index in [1.807, 2.05) is 65.0 Å². The van der Waals surface area contributed by atoms with Gasteiger partial charge in [-0.15, -0.1) is 5.10 Å². The third kappa shape index (κ3) is 5.47. The summed E-state index contributed by atoms with van der Waals surface area (Å²) in [6.45, 7) is 6.84. The molecule has 2 aliphatic rings. The van der Waals surface area contributed by atoms with Crippen LogP contribution in [-0.2, 0) is 29.2 Å². The van der Waals surface area contributed by atoms with Crippen molar-refractivity contribution in [2.45, 2.75) is 32.7 Å². The van der Waals surface area contributed by atoms with Crippen LogP contribution in [0.5, 0.6) is 11.5 Å². The van der Waals surface area contributed by atoms with Gasteiger partial charge in [-0.1, -0.05) is 35.0 Å². The van der Waals surface area contributed by atoms with E-state index in [4.69, 9.17) is 14.2 Å². The summed E-state index contributed by atoms with van der Waals surface area (Å²) < 4.78 is 19.0. The van der Waals surface area contributed by atoms with Crippen molar-refractivity contribution < 1.29 is 19.0 Å². The molecule has 9 nitrogen and oxygen atoms in total. The van der Waals surface area contributed by atoms with E-state index in [1.54, 1.807) is 7.11 Å². The fourth-order valence-electron chi connectivity index (χ4n) is 4.44. The first-order chi connectivity index (χ1) is 17.1. The summed E-state index contributed by atoms with van der Waals surface area (Å²) in [6, 6.07) is 15.7. The number of methoxy groups -OCH3 is 1. The minimum atomic E-state index is -0.0559. The highest BCUT2D eigenvalue weighted by molar-refractivity contribution is 5.77. The zero-order valence-corrected chi connectivity index (χ0v) is 20.2. The Labute approximate surface area is 205 Å². The summed E-state index contributed by atoms with van der Waals surface area (Å²) in [5, 5.41) is 8.83. The van der Waals surface area contributed by atoms with Gasteiger partial charge < -0.3 is 19.1 Å². The van der Waals surface area contributed by atoms with Crippen molar-refractivity contribution in [2.24, 2.45) is 0 Å². The highest BCUT2D eigenvalue weighted by atomic mass is 16.5. The predicted octanol–water partition coefficient (Wildman–Crippen LogP) is 2.59. The third-order valence-electron chi connectivity index (χ3n) is 6.65. The SMILES string of the molecule is COc1ccc([C@H]2Cn3nnc(CN4CCN(C(=O)COc5ccc(C)cc5)CC4)c3CO2)cc1. The number of aryl methyl sites for hydroxylation is 1. The average Bonchev–Trinajstić information content (AvgIpc) is 3.30. The van der Waals surface area contributed by atoms with Crippen molar-refractivity contribution >= 4 is 5.91 Å². The second kappa shape index (κ2) is 10.5. The molecule has 0 N–H and O–H groups in total. The van der Waals surface area contributed by atoms with Gasteiger partial charge in [0.05, 0.1) is 26.0 Å². The van der Waals surface area contributed by atoms with E-state index in [2.05, 4.69) is 15.2 Å². The van der Waals surface area contributed by atoms with E-state index in [9.17, 15) is 4.79 Å². The molecule has 0 aliphatic carbocycles. The zero-order chi connectivity index (χ0) is 24.2. The predicted molar refractivity (Wildman–Crippen MR) is 129 cm³/mol. The van der Waals surface area contributed by atoms with Crippen LogP contribution in [0.3, 0.4) is 0 Å². The Hall–Kier alpha value is -3.43. The number of hydrogen-bond acceptors (Lipinski definition) is 7. The van der Waals surface area contributed by atoms with E-state index >= 15 is 0 Å². The minimum absolute atomic E-state index is 0.0178. The van der Waals surface area contributed by atoms with Gasteiger partial charge in [-0.3, -0.25) is 9.69 Å². The molecule has 1 fully saturated rings. The molecule has 0 unspecified atom stereocenters. The van der Waals surface area contributed by atoms with Gasteiger partial charge in [-0.05, 0) is 36.8 Å². The maximum Gasteiger partial charge on any atom is 0.260 e. The van der Waals surface area contributed by atoms with Gasteiger partial charge >= 0.3 is 0 Å². The molecule has 3 heterocycles. The Morgan fingerprint density at radius 2 is 1.74 bits per heavy atom. The fourth-order valence-corrected chi connectivity index (χ4v) is 4.44. The van der Waals surface area contributed by atoms with Crippen molar-refractivity contribution in [1.29, 1.82) is 0 Å². The zero-order valence-electron chi connectivity index (χ0n) is 20.2. The number of carbonyl (C=O) groups is 1. The molecule has 35 heavy (non-hydrogen) atoms. The lowest BCUT2D eigenvalue weighted by molar-refractivity contribution is -0.135. The molecule has 0 spiro atoms. The van der Waals surface area contributed by atoms with Crippen molar-refractivity contribution in [2.75, 3.05) is 39.9 Å². The van der Waals surface area contributed by atoms with Gasteiger partial charge in [-0.2, -0.15) is 0 Å². The lowest BCUT2D eigenvalue weighted by atomic mass is 10.1. The van der Waals surface area contributed by atoms with E-state index < -0.39 is 0 Å². The molecule has 0 bridgehead atoms. The number of fused-ring (bicyclic) bond motifs is 1. The number of piperazine rings is 1. The number of aromatic nitrogens is 3. The number of nitrogens with zero attached hydrogens (tertiary/aromatic N) is 5. The number of hydrogen-bond donors (Lipinski definition) is 0. The molecule has 9 heteroatoms. The number of rotatable bonds is 7. The maximum atomic E-state index is 12.6. The number of carbonyl (C=O) groups excluding carboxylic acids is 1. The Balaban J connectivity index is 1.10. The van der Waals surface area contributed by atoms with Gasteiger partial charge in [0.15, 0.2) is 6.61 Å². The van der Waals surface area contributed by atoms with Gasteiger partial charge in [0.1, 0.15) is 23.3 Å². The Bertz CT molecular complexity index is 1140.